The molecule has 184 valence electrons. The first-order chi connectivity index (χ1) is 16.5. The van der Waals surface area contributed by atoms with Crippen molar-refractivity contribution in [2.45, 2.75) is 35.9 Å². The molecule has 1 aliphatic carbocycles. The number of benzene rings is 1. The molecule has 1 saturated heterocycles. The molecule has 3 amide bonds. The van der Waals surface area contributed by atoms with Crippen LogP contribution in [0.3, 0.4) is 0 Å². The molecule has 5 rings (SSSR count). The fraction of sp³-hybridized carbons (Fsp3) is 0.318. The first-order valence-electron chi connectivity index (χ1n) is 10.7. The SMILES string of the molecule is O=C1NC(=O)C2(CCCC2CNS(=O)(=O)c2cnc(-c3cc4ccccc4o3)cc2C(F)(F)F)N1. The minimum absolute atomic E-state index is 0.0597. The summed E-state index contributed by atoms with van der Waals surface area (Å²) in [6.45, 7) is -0.335. The molecule has 0 bridgehead atoms. The van der Waals surface area contributed by atoms with Crippen molar-refractivity contribution in [2.24, 2.45) is 5.92 Å². The topological polar surface area (TPSA) is 130 Å². The van der Waals surface area contributed by atoms with Gasteiger partial charge < -0.3 is 9.73 Å². The average molecular weight is 508 g/mol. The van der Waals surface area contributed by atoms with E-state index >= 15 is 0 Å². The number of rotatable bonds is 5. The van der Waals surface area contributed by atoms with Crippen LogP contribution in [0.15, 0.2) is 51.9 Å². The molecule has 2 aliphatic rings. The fourth-order valence-electron chi connectivity index (χ4n) is 4.73. The van der Waals surface area contributed by atoms with E-state index in [0.717, 1.165) is 0 Å². The van der Waals surface area contributed by atoms with E-state index in [4.69, 9.17) is 4.42 Å². The number of carbonyl (C=O) groups excluding carboxylic acids is 2. The first-order valence-corrected chi connectivity index (χ1v) is 12.2. The van der Waals surface area contributed by atoms with Crippen LogP contribution in [0.1, 0.15) is 24.8 Å². The summed E-state index contributed by atoms with van der Waals surface area (Å²) in [5.74, 6) is -1.14. The Bertz CT molecular complexity index is 1420. The highest BCUT2D eigenvalue weighted by atomic mass is 32.2. The molecule has 1 spiro atoms. The van der Waals surface area contributed by atoms with Crippen molar-refractivity contribution >= 4 is 32.9 Å². The van der Waals surface area contributed by atoms with Gasteiger partial charge in [0.2, 0.25) is 10.0 Å². The number of sulfonamides is 1. The van der Waals surface area contributed by atoms with Crippen LogP contribution in [0, 0.1) is 5.92 Å². The zero-order valence-electron chi connectivity index (χ0n) is 18.0. The van der Waals surface area contributed by atoms with E-state index in [0.29, 0.717) is 42.5 Å². The van der Waals surface area contributed by atoms with Crippen LogP contribution >= 0.6 is 0 Å². The third-order valence-corrected chi connectivity index (χ3v) is 7.90. The molecule has 2 atom stereocenters. The molecule has 35 heavy (non-hydrogen) atoms. The molecule has 1 saturated carbocycles. The summed E-state index contributed by atoms with van der Waals surface area (Å²) in [6.07, 6.45) is -3.10. The van der Waals surface area contributed by atoms with Crippen LogP contribution in [-0.2, 0) is 21.0 Å². The minimum atomic E-state index is -5.00. The second kappa shape index (κ2) is 8.05. The van der Waals surface area contributed by atoms with Gasteiger partial charge in [-0.15, -0.1) is 0 Å². The van der Waals surface area contributed by atoms with Gasteiger partial charge in [0.25, 0.3) is 5.91 Å². The summed E-state index contributed by atoms with van der Waals surface area (Å²) in [5.41, 5.74) is -2.41. The lowest BCUT2D eigenvalue weighted by Gasteiger charge is -2.28. The fourth-order valence-corrected chi connectivity index (χ4v) is 5.96. The molecule has 3 heterocycles. The van der Waals surface area contributed by atoms with Crippen molar-refractivity contribution in [3.8, 4) is 11.5 Å². The smallest absolute Gasteiger partial charge is 0.417 e. The molecule has 1 aliphatic heterocycles. The number of pyridine rings is 1. The quantitative estimate of drug-likeness (QED) is 0.454. The van der Waals surface area contributed by atoms with Crippen molar-refractivity contribution in [1.29, 1.82) is 0 Å². The molecule has 0 radical (unpaired) electrons. The van der Waals surface area contributed by atoms with Crippen LogP contribution in [0.4, 0.5) is 18.0 Å². The number of urea groups is 1. The normalized spacial score (nSPS) is 22.7. The summed E-state index contributed by atoms with van der Waals surface area (Å²) >= 11 is 0. The molecular formula is C22H19F3N4O5S. The highest BCUT2D eigenvalue weighted by Gasteiger charge is 2.54. The number of nitrogens with zero attached hydrogens (tertiary/aromatic N) is 1. The highest BCUT2D eigenvalue weighted by Crippen LogP contribution is 2.39. The Kier molecular flexibility index (Phi) is 5.36. The molecule has 9 nitrogen and oxygen atoms in total. The molecule has 2 aromatic heterocycles. The lowest BCUT2D eigenvalue weighted by atomic mass is 9.87. The van der Waals surface area contributed by atoms with E-state index < -0.39 is 50.1 Å². The number of fused-ring (bicyclic) bond motifs is 1. The number of carbonyl (C=O) groups is 2. The standard InChI is InChI=1S/C22H19F3N4O5S/c23-22(24,25)14-9-15(17-8-12-4-1-2-6-16(12)34-17)26-11-18(14)35(32,33)27-10-13-5-3-7-21(13)19(30)28-20(31)29-21/h1-2,4,6,8-9,11,13,27H,3,5,7,10H2,(H2,28,29,30,31). The van der Waals surface area contributed by atoms with Crippen LogP contribution < -0.4 is 15.4 Å². The monoisotopic (exact) mass is 508 g/mol. The number of furan rings is 1. The lowest BCUT2D eigenvalue weighted by molar-refractivity contribution is -0.140. The molecule has 1 aromatic carbocycles. The van der Waals surface area contributed by atoms with Gasteiger partial charge in [-0.05, 0) is 31.0 Å². The molecule has 2 unspecified atom stereocenters. The maximum atomic E-state index is 13.9. The highest BCUT2D eigenvalue weighted by molar-refractivity contribution is 7.89. The van der Waals surface area contributed by atoms with Gasteiger partial charge in [-0.1, -0.05) is 24.6 Å². The Morgan fingerprint density at radius 1 is 1.20 bits per heavy atom. The summed E-state index contributed by atoms with van der Waals surface area (Å²) in [5, 5.41) is 5.33. The van der Waals surface area contributed by atoms with E-state index in [9.17, 15) is 31.2 Å². The van der Waals surface area contributed by atoms with Crippen molar-refractivity contribution in [1.82, 2.24) is 20.3 Å². The minimum Gasteiger partial charge on any atom is -0.454 e. The maximum Gasteiger partial charge on any atom is 0.417 e. The summed E-state index contributed by atoms with van der Waals surface area (Å²) in [7, 11) is -4.67. The zero-order chi connectivity index (χ0) is 25.0. The van der Waals surface area contributed by atoms with Gasteiger partial charge in [-0.25, -0.2) is 17.9 Å². The van der Waals surface area contributed by atoms with Crippen LogP contribution in [0.25, 0.3) is 22.4 Å². The van der Waals surface area contributed by atoms with Gasteiger partial charge >= 0.3 is 12.2 Å². The van der Waals surface area contributed by atoms with Gasteiger partial charge in [0.1, 0.15) is 21.7 Å². The van der Waals surface area contributed by atoms with Crippen LogP contribution in [0.2, 0.25) is 0 Å². The zero-order valence-corrected chi connectivity index (χ0v) is 18.8. The van der Waals surface area contributed by atoms with E-state index in [2.05, 4.69) is 20.3 Å². The van der Waals surface area contributed by atoms with Gasteiger partial charge in [0, 0.05) is 24.0 Å². The second-order valence-corrected chi connectivity index (χ2v) is 10.3. The number of hydrogen-bond donors (Lipinski definition) is 3. The number of alkyl halides is 3. The summed E-state index contributed by atoms with van der Waals surface area (Å²) in [6, 6.07) is 8.29. The van der Waals surface area contributed by atoms with Gasteiger partial charge in [0.15, 0.2) is 5.76 Å². The number of halogens is 3. The third-order valence-electron chi connectivity index (χ3n) is 6.45. The molecule has 13 heteroatoms. The van der Waals surface area contributed by atoms with Gasteiger partial charge in [-0.2, -0.15) is 13.2 Å². The van der Waals surface area contributed by atoms with E-state index in [1.54, 1.807) is 24.3 Å². The van der Waals surface area contributed by atoms with E-state index in [1.807, 2.05) is 0 Å². The van der Waals surface area contributed by atoms with Gasteiger partial charge in [-0.3, -0.25) is 15.1 Å². The number of imide groups is 1. The number of hydrogen-bond acceptors (Lipinski definition) is 6. The number of nitrogens with one attached hydrogen (secondary N) is 3. The summed E-state index contributed by atoms with van der Waals surface area (Å²) in [4.78, 5) is 26.8. The lowest BCUT2D eigenvalue weighted by Crippen LogP contribution is -2.53. The third kappa shape index (κ3) is 4.04. The predicted molar refractivity (Wildman–Crippen MR) is 116 cm³/mol. The van der Waals surface area contributed by atoms with Crippen molar-refractivity contribution in [3.05, 3.63) is 48.2 Å². The van der Waals surface area contributed by atoms with E-state index in [-0.39, 0.29) is 18.0 Å². The molecular weight excluding hydrogens is 489 g/mol. The Hall–Kier alpha value is -3.45. The second-order valence-electron chi connectivity index (χ2n) is 8.53. The number of para-hydroxylation sites is 1. The summed E-state index contributed by atoms with van der Waals surface area (Å²) < 4.78 is 75.3. The molecule has 3 N–H and O–H groups in total. The molecule has 2 fully saturated rings. The number of amides is 3. The average Bonchev–Trinajstić information content (AvgIpc) is 3.48. The van der Waals surface area contributed by atoms with Gasteiger partial charge in [0.05, 0.1) is 5.56 Å². The largest absolute Gasteiger partial charge is 0.454 e. The van der Waals surface area contributed by atoms with Crippen molar-refractivity contribution < 1.29 is 35.6 Å². The Morgan fingerprint density at radius 2 is 1.97 bits per heavy atom. The maximum absolute atomic E-state index is 13.9. The van der Waals surface area contributed by atoms with Crippen molar-refractivity contribution in [2.75, 3.05) is 6.54 Å². The Balaban J connectivity index is 1.45. The Morgan fingerprint density at radius 3 is 2.66 bits per heavy atom. The Labute approximate surface area is 197 Å². The molecule has 3 aromatic rings. The predicted octanol–water partition coefficient (Wildman–Crippen LogP) is 3.17. The first kappa shape index (κ1) is 23.3. The van der Waals surface area contributed by atoms with Crippen LogP contribution in [0.5, 0.6) is 0 Å². The van der Waals surface area contributed by atoms with E-state index in [1.165, 1.54) is 6.07 Å². The number of aromatic nitrogens is 1. The van der Waals surface area contributed by atoms with Crippen molar-refractivity contribution in [3.63, 3.8) is 0 Å². The van der Waals surface area contributed by atoms with Crippen LogP contribution in [-0.4, -0.2) is 37.4 Å².